The number of hydrogen-bond acceptors (Lipinski definition) is 2. The first-order valence-electron chi connectivity index (χ1n) is 5.25. The van der Waals surface area contributed by atoms with Crippen molar-refractivity contribution in [2.24, 2.45) is 0 Å². The van der Waals surface area contributed by atoms with Crippen LogP contribution in [0.5, 0.6) is 0 Å². The molecule has 0 saturated heterocycles. The van der Waals surface area contributed by atoms with Crippen LogP contribution in [0.1, 0.15) is 26.5 Å². The van der Waals surface area contributed by atoms with Crippen LogP contribution in [0, 0.1) is 0 Å². The van der Waals surface area contributed by atoms with Gasteiger partial charge in [-0.05, 0) is 18.2 Å². The van der Waals surface area contributed by atoms with E-state index in [1.807, 2.05) is 24.3 Å². The molecule has 2 aromatic rings. The van der Waals surface area contributed by atoms with E-state index < -0.39 is 0 Å². The van der Waals surface area contributed by atoms with E-state index in [1.54, 1.807) is 0 Å². The molecule has 0 aliphatic heterocycles. The summed E-state index contributed by atoms with van der Waals surface area (Å²) >= 11 is 6.10. The van der Waals surface area contributed by atoms with Gasteiger partial charge >= 0.3 is 0 Å². The molecule has 0 atom stereocenters. The van der Waals surface area contributed by atoms with Gasteiger partial charge in [0.1, 0.15) is 0 Å². The summed E-state index contributed by atoms with van der Waals surface area (Å²) in [6.07, 6.45) is 0. The molecule has 0 bridgehead atoms. The average molecular weight is 235 g/mol. The Hall–Kier alpha value is -1.28. The molecule has 3 heteroatoms. The van der Waals surface area contributed by atoms with Gasteiger partial charge in [0.25, 0.3) is 0 Å². The lowest BCUT2D eigenvalue weighted by Crippen LogP contribution is -2.16. The predicted molar refractivity (Wildman–Crippen MR) is 69.9 cm³/mol. The van der Waals surface area contributed by atoms with Crippen LogP contribution in [-0.4, -0.2) is 4.98 Å². The van der Waals surface area contributed by atoms with Gasteiger partial charge in [0, 0.05) is 10.8 Å². The Bertz CT molecular complexity index is 541. The molecule has 1 aromatic heterocycles. The molecule has 16 heavy (non-hydrogen) atoms. The Morgan fingerprint density at radius 1 is 1.25 bits per heavy atom. The summed E-state index contributed by atoms with van der Waals surface area (Å²) in [7, 11) is 0. The van der Waals surface area contributed by atoms with Crippen LogP contribution in [0.4, 0.5) is 5.69 Å². The average Bonchev–Trinajstić information content (AvgIpc) is 2.17. The first-order chi connectivity index (χ1) is 7.39. The van der Waals surface area contributed by atoms with Crippen LogP contribution in [0.15, 0.2) is 24.3 Å². The molecule has 0 aliphatic rings. The number of benzene rings is 1. The molecule has 0 fully saturated rings. The lowest BCUT2D eigenvalue weighted by Gasteiger charge is -2.20. The molecule has 0 unspecified atom stereocenters. The maximum absolute atomic E-state index is 6.10. The molecule has 0 spiro atoms. The van der Waals surface area contributed by atoms with E-state index in [-0.39, 0.29) is 5.41 Å². The second kappa shape index (κ2) is 3.63. The predicted octanol–water partition coefficient (Wildman–Crippen LogP) is 3.77. The van der Waals surface area contributed by atoms with E-state index in [9.17, 15) is 0 Å². The topological polar surface area (TPSA) is 38.9 Å². The van der Waals surface area contributed by atoms with Crippen LogP contribution in [-0.2, 0) is 5.41 Å². The van der Waals surface area contributed by atoms with Crippen LogP contribution in [0.3, 0.4) is 0 Å². The minimum Gasteiger partial charge on any atom is -0.397 e. The van der Waals surface area contributed by atoms with Crippen molar-refractivity contribution in [3.63, 3.8) is 0 Å². The molecular formula is C13H15ClN2. The van der Waals surface area contributed by atoms with Gasteiger partial charge in [-0.3, -0.25) is 4.98 Å². The number of nitrogens with two attached hydrogens (primary N) is 1. The molecule has 2 N–H and O–H groups in total. The Kier molecular flexibility index (Phi) is 2.55. The minimum absolute atomic E-state index is 0.0550. The van der Waals surface area contributed by atoms with Crippen molar-refractivity contribution >= 4 is 28.2 Å². The SMILES string of the molecule is CC(C)(C)c1nc2cccc(Cl)c2cc1N. The minimum atomic E-state index is -0.0550. The summed E-state index contributed by atoms with van der Waals surface area (Å²) in [5.41, 5.74) is 8.48. The van der Waals surface area contributed by atoms with E-state index in [0.717, 1.165) is 16.6 Å². The molecule has 0 radical (unpaired) electrons. The zero-order valence-corrected chi connectivity index (χ0v) is 10.5. The van der Waals surface area contributed by atoms with Gasteiger partial charge in [0.05, 0.1) is 21.9 Å². The highest BCUT2D eigenvalue weighted by Gasteiger charge is 2.19. The second-order valence-corrected chi connectivity index (χ2v) is 5.39. The summed E-state index contributed by atoms with van der Waals surface area (Å²) < 4.78 is 0. The van der Waals surface area contributed by atoms with Crippen molar-refractivity contribution in [2.45, 2.75) is 26.2 Å². The molecule has 0 amide bonds. The highest BCUT2D eigenvalue weighted by atomic mass is 35.5. The second-order valence-electron chi connectivity index (χ2n) is 4.98. The summed E-state index contributed by atoms with van der Waals surface area (Å²) in [5.74, 6) is 0. The number of halogens is 1. The Balaban J connectivity index is 2.78. The smallest absolute Gasteiger partial charge is 0.0722 e. The van der Waals surface area contributed by atoms with Crippen LogP contribution >= 0.6 is 11.6 Å². The third-order valence-electron chi connectivity index (χ3n) is 2.55. The monoisotopic (exact) mass is 234 g/mol. The Morgan fingerprint density at radius 2 is 1.94 bits per heavy atom. The maximum Gasteiger partial charge on any atom is 0.0722 e. The number of fused-ring (bicyclic) bond motifs is 1. The quantitative estimate of drug-likeness (QED) is 0.754. The summed E-state index contributed by atoms with van der Waals surface area (Å²) in [6.45, 7) is 6.30. The third kappa shape index (κ3) is 1.85. The van der Waals surface area contributed by atoms with Crippen LogP contribution < -0.4 is 5.73 Å². The van der Waals surface area contributed by atoms with Crippen molar-refractivity contribution in [3.05, 3.63) is 35.0 Å². The highest BCUT2D eigenvalue weighted by Crippen LogP contribution is 2.31. The molecule has 0 saturated carbocycles. The Labute approximate surface area is 100 Å². The van der Waals surface area contributed by atoms with Gasteiger partial charge in [0.2, 0.25) is 0 Å². The van der Waals surface area contributed by atoms with Gasteiger partial charge in [-0.15, -0.1) is 0 Å². The summed E-state index contributed by atoms with van der Waals surface area (Å²) in [5, 5.41) is 1.60. The molecule has 2 nitrogen and oxygen atoms in total. The number of nitrogens with zero attached hydrogens (tertiary/aromatic N) is 1. The standard InChI is InChI=1S/C13H15ClN2/c1-13(2,3)12-10(15)7-8-9(14)5-4-6-11(8)16-12/h4-7H,15H2,1-3H3. The fourth-order valence-corrected chi connectivity index (χ4v) is 2.00. The van der Waals surface area contributed by atoms with E-state index in [4.69, 9.17) is 17.3 Å². The normalized spacial score (nSPS) is 12.0. The van der Waals surface area contributed by atoms with E-state index in [1.165, 1.54) is 0 Å². The summed E-state index contributed by atoms with van der Waals surface area (Å²) in [4.78, 5) is 4.60. The molecular weight excluding hydrogens is 220 g/mol. The molecule has 1 aromatic carbocycles. The zero-order valence-electron chi connectivity index (χ0n) is 9.71. The van der Waals surface area contributed by atoms with E-state index in [0.29, 0.717) is 10.7 Å². The first-order valence-corrected chi connectivity index (χ1v) is 5.62. The molecule has 2 rings (SSSR count). The number of nitrogen functional groups attached to an aromatic ring is 1. The maximum atomic E-state index is 6.10. The zero-order chi connectivity index (χ0) is 11.9. The summed E-state index contributed by atoms with van der Waals surface area (Å²) in [6, 6.07) is 7.61. The van der Waals surface area contributed by atoms with Crippen molar-refractivity contribution < 1.29 is 0 Å². The van der Waals surface area contributed by atoms with Crippen LogP contribution in [0.25, 0.3) is 10.9 Å². The van der Waals surface area contributed by atoms with E-state index >= 15 is 0 Å². The number of rotatable bonds is 0. The Morgan fingerprint density at radius 3 is 2.56 bits per heavy atom. The fourth-order valence-electron chi connectivity index (χ4n) is 1.78. The van der Waals surface area contributed by atoms with Gasteiger partial charge in [-0.25, -0.2) is 0 Å². The van der Waals surface area contributed by atoms with Crippen LogP contribution in [0.2, 0.25) is 5.02 Å². The molecule has 0 aliphatic carbocycles. The van der Waals surface area contributed by atoms with Gasteiger partial charge in [-0.1, -0.05) is 38.4 Å². The van der Waals surface area contributed by atoms with Gasteiger partial charge < -0.3 is 5.73 Å². The number of anilines is 1. The van der Waals surface area contributed by atoms with Crippen molar-refractivity contribution in [1.29, 1.82) is 0 Å². The third-order valence-corrected chi connectivity index (χ3v) is 2.88. The molecule has 1 heterocycles. The van der Waals surface area contributed by atoms with Crippen molar-refractivity contribution in [3.8, 4) is 0 Å². The van der Waals surface area contributed by atoms with Crippen molar-refractivity contribution in [2.75, 3.05) is 5.73 Å². The fraction of sp³-hybridized carbons (Fsp3) is 0.308. The number of pyridine rings is 1. The number of aromatic nitrogens is 1. The number of hydrogen-bond donors (Lipinski definition) is 1. The van der Waals surface area contributed by atoms with Gasteiger partial charge in [0.15, 0.2) is 0 Å². The first kappa shape index (κ1) is 11.2. The van der Waals surface area contributed by atoms with E-state index in [2.05, 4.69) is 25.8 Å². The van der Waals surface area contributed by atoms with Gasteiger partial charge in [-0.2, -0.15) is 0 Å². The lowest BCUT2D eigenvalue weighted by atomic mass is 9.90. The molecule has 84 valence electrons. The highest BCUT2D eigenvalue weighted by molar-refractivity contribution is 6.35. The van der Waals surface area contributed by atoms with Crippen molar-refractivity contribution in [1.82, 2.24) is 4.98 Å². The largest absolute Gasteiger partial charge is 0.397 e. The lowest BCUT2D eigenvalue weighted by molar-refractivity contribution is 0.574.